The summed E-state index contributed by atoms with van der Waals surface area (Å²) in [5.74, 6) is 0. The molecule has 1 saturated heterocycles. The number of anilines is 1. The molecular formula is C12H16ClNO. The third-order valence-corrected chi connectivity index (χ3v) is 3.39. The highest BCUT2D eigenvalue weighted by atomic mass is 35.5. The van der Waals surface area contributed by atoms with Gasteiger partial charge in [-0.05, 0) is 25.8 Å². The van der Waals surface area contributed by atoms with Crippen molar-refractivity contribution in [3.63, 3.8) is 0 Å². The number of halogens is 1. The van der Waals surface area contributed by atoms with Crippen LogP contribution in [0, 0.1) is 0 Å². The van der Waals surface area contributed by atoms with Crippen LogP contribution < -0.4 is 4.90 Å². The average molecular weight is 226 g/mol. The maximum Gasteiger partial charge on any atom is 0.0702 e. The molecule has 1 heterocycles. The van der Waals surface area contributed by atoms with E-state index < -0.39 is 0 Å². The van der Waals surface area contributed by atoms with Gasteiger partial charge < -0.3 is 10.0 Å². The van der Waals surface area contributed by atoms with Crippen molar-refractivity contribution in [3.05, 3.63) is 28.8 Å². The van der Waals surface area contributed by atoms with E-state index in [-0.39, 0.29) is 6.61 Å². The number of rotatable bonds is 2. The summed E-state index contributed by atoms with van der Waals surface area (Å²) in [6, 6.07) is 6.24. The van der Waals surface area contributed by atoms with Gasteiger partial charge in [-0.1, -0.05) is 23.7 Å². The molecule has 1 fully saturated rings. The van der Waals surface area contributed by atoms with Crippen LogP contribution in [-0.4, -0.2) is 17.7 Å². The van der Waals surface area contributed by atoms with Crippen molar-refractivity contribution < 1.29 is 5.11 Å². The summed E-state index contributed by atoms with van der Waals surface area (Å²) < 4.78 is 0. The van der Waals surface area contributed by atoms with Gasteiger partial charge in [0.1, 0.15) is 0 Å². The van der Waals surface area contributed by atoms with Crippen LogP contribution in [-0.2, 0) is 6.61 Å². The molecule has 2 nitrogen and oxygen atoms in total. The maximum atomic E-state index is 9.30. The van der Waals surface area contributed by atoms with Gasteiger partial charge in [-0.3, -0.25) is 0 Å². The molecule has 82 valence electrons. The summed E-state index contributed by atoms with van der Waals surface area (Å²) >= 11 is 6.20. The Kier molecular flexibility index (Phi) is 3.17. The average Bonchev–Trinajstić information content (AvgIpc) is 2.64. The lowest BCUT2D eigenvalue weighted by molar-refractivity contribution is 0.282. The lowest BCUT2D eigenvalue weighted by Crippen LogP contribution is -2.27. The fourth-order valence-corrected chi connectivity index (χ4v) is 2.58. The number of hydrogen-bond donors (Lipinski definition) is 1. The van der Waals surface area contributed by atoms with Gasteiger partial charge in [-0.15, -0.1) is 0 Å². The monoisotopic (exact) mass is 225 g/mol. The minimum absolute atomic E-state index is 0.0547. The van der Waals surface area contributed by atoms with Crippen molar-refractivity contribution in [1.29, 1.82) is 0 Å². The number of nitrogens with zero attached hydrogens (tertiary/aromatic N) is 1. The first-order valence-corrected chi connectivity index (χ1v) is 5.76. The van der Waals surface area contributed by atoms with Crippen LogP contribution in [0.15, 0.2) is 18.2 Å². The van der Waals surface area contributed by atoms with E-state index in [1.165, 1.54) is 12.8 Å². The van der Waals surface area contributed by atoms with Crippen LogP contribution in [0.4, 0.5) is 5.69 Å². The second kappa shape index (κ2) is 4.42. The Morgan fingerprint density at radius 1 is 1.53 bits per heavy atom. The van der Waals surface area contributed by atoms with Crippen molar-refractivity contribution in [2.45, 2.75) is 32.4 Å². The highest BCUT2D eigenvalue weighted by Crippen LogP contribution is 2.34. The molecule has 1 atom stereocenters. The molecule has 1 aromatic rings. The van der Waals surface area contributed by atoms with Crippen LogP contribution in [0.1, 0.15) is 25.3 Å². The van der Waals surface area contributed by atoms with Gasteiger partial charge in [-0.25, -0.2) is 0 Å². The van der Waals surface area contributed by atoms with Crippen LogP contribution in [0.2, 0.25) is 5.02 Å². The summed E-state index contributed by atoms with van der Waals surface area (Å²) in [6.45, 7) is 3.30. The van der Waals surface area contributed by atoms with Crippen molar-refractivity contribution in [3.8, 4) is 0 Å². The molecule has 0 aliphatic carbocycles. The largest absolute Gasteiger partial charge is 0.392 e. The quantitative estimate of drug-likeness (QED) is 0.837. The van der Waals surface area contributed by atoms with E-state index in [2.05, 4.69) is 11.8 Å². The van der Waals surface area contributed by atoms with Gasteiger partial charge in [-0.2, -0.15) is 0 Å². The molecule has 3 heteroatoms. The molecule has 0 aromatic heterocycles. The Morgan fingerprint density at radius 2 is 2.33 bits per heavy atom. The minimum atomic E-state index is 0.0547. The van der Waals surface area contributed by atoms with E-state index in [0.29, 0.717) is 6.04 Å². The molecular weight excluding hydrogens is 210 g/mol. The summed E-state index contributed by atoms with van der Waals surface area (Å²) in [6.07, 6.45) is 2.41. The Labute approximate surface area is 95.5 Å². The summed E-state index contributed by atoms with van der Waals surface area (Å²) in [7, 11) is 0. The second-order valence-corrected chi connectivity index (χ2v) is 4.50. The summed E-state index contributed by atoms with van der Waals surface area (Å²) in [4.78, 5) is 2.30. The summed E-state index contributed by atoms with van der Waals surface area (Å²) in [5.41, 5.74) is 1.95. The fourth-order valence-electron chi connectivity index (χ4n) is 2.27. The van der Waals surface area contributed by atoms with Crippen molar-refractivity contribution in [2.75, 3.05) is 11.4 Å². The molecule has 2 rings (SSSR count). The first-order chi connectivity index (χ1) is 7.24. The Hall–Kier alpha value is -0.730. The maximum absolute atomic E-state index is 9.30. The van der Waals surface area contributed by atoms with E-state index in [0.717, 1.165) is 22.8 Å². The SMILES string of the molecule is CC1CCCN1c1c(Cl)cccc1CO. The number of para-hydroxylation sites is 1. The standard InChI is InChI=1S/C12H16ClNO/c1-9-4-3-7-14(9)12-10(8-15)5-2-6-11(12)13/h2,5-6,9,15H,3-4,7-8H2,1H3. The van der Waals surface area contributed by atoms with Crippen molar-refractivity contribution >= 4 is 17.3 Å². The molecule has 0 spiro atoms. The molecule has 1 N–H and O–H groups in total. The van der Waals surface area contributed by atoms with Gasteiger partial charge in [0.2, 0.25) is 0 Å². The molecule has 1 aliphatic rings. The lowest BCUT2D eigenvalue weighted by Gasteiger charge is -2.27. The van der Waals surface area contributed by atoms with Crippen LogP contribution in [0.5, 0.6) is 0 Å². The van der Waals surface area contributed by atoms with Gasteiger partial charge in [0.15, 0.2) is 0 Å². The van der Waals surface area contributed by atoms with E-state index in [1.54, 1.807) is 0 Å². The Balaban J connectivity index is 2.41. The minimum Gasteiger partial charge on any atom is -0.392 e. The number of aliphatic hydroxyl groups excluding tert-OH is 1. The van der Waals surface area contributed by atoms with Gasteiger partial charge in [0, 0.05) is 18.2 Å². The number of aliphatic hydroxyl groups is 1. The molecule has 1 aliphatic heterocycles. The molecule has 1 unspecified atom stereocenters. The zero-order valence-corrected chi connectivity index (χ0v) is 9.67. The Morgan fingerprint density at radius 3 is 2.93 bits per heavy atom. The second-order valence-electron chi connectivity index (χ2n) is 4.09. The zero-order valence-electron chi connectivity index (χ0n) is 8.91. The third kappa shape index (κ3) is 1.97. The predicted octanol–water partition coefficient (Wildman–Crippen LogP) is 2.82. The lowest BCUT2D eigenvalue weighted by atomic mass is 10.1. The topological polar surface area (TPSA) is 23.5 Å². The highest BCUT2D eigenvalue weighted by molar-refractivity contribution is 6.33. The third-order valence-electron chi connectivity index (χ3n) is 3.08. The van der Waals surface area contributed by atoms with Crippen molar-refractivity contribution in [1.82, 2.24) is 0 Å². The highest BCUT2D eigenvalue weighted by Gasteiger charge is 2.24. The smallest absolute Gasteiger partial charge is 0.0702 e. The van der Waals surface area contributed by atoms with Crippen LogP contribution in [0.3, 0.4) is 0 Å². The zero-order chi connectivity index (χ0) is 10.8. The summed E-state index contributed by atoms with van der Waals surface area (Å²) in [5, 5.41) is 10.0. The van der Waals surface area contributed by atoms with Gasteiger partial charge in [0.05, 0.1) is 17.3 Å². The van der Waals surface area contributed by atoms with Gasteiger partial charge in [0.25, 0.3) is 0 Å². The van der Waals surface area contributed by atoms with E-state index in [4.69, 9.17) is 11.6 Å². The van der Waals surface area contributed by atoms with E-state index in [9.17, 15) is 5.11 Å². The van der Waals surface area contributed by atoms with E-state index >= 15 is 0 Å². The number of benzene rings is 1. The first-order valence-electron chi connectivity index (χ1n) is 5.39. The first kappa shape index (κ1) is 10.8. The van der Waals surface area contributed by atoms with E-state index in [1.807, 2.05) is 18.2 Å². The van der Waals surface area contributed by atoms with Gasteiger partial charge >= 0.3 is 0 Å². The Bertz CT molecular complexity index is 353. The predicted molar refractivity (Wildman–Crippen MR) is 63.4 cm³/mol. The van der Waals surface area contributed by atoms with Crippen LogP contribution >= 0.6 is 11.6 Å². The molecule has 0 bridgehead atoms. The normalized spacial score (nSPS) is 21.0. The van der Waals surface area contributed by atoms with Crippen LogP contribution in [0.25, 0.3) is 0 Å². The molecule has 0 radical (unpaired) electrons. The molecule has 1 aromatic carbocycles. The molecule has 15 heavy (non-hydrogen) atoms. The van der Waals surface area contributed by atoms with Crippen molar-refractivity contribution in [2.24, 2.45) is 0 Å². The molecule has 0 saturated carbocycles. The molecule has 0 amide bonds. The fraction of sp³-hybridized carbons (Fsp3) is 0.500. The number of hydrogen-bond acceptors (Lipinski definition) is 2.